The number of aryl methyl sites for hydroxylation is 1. The van der Waals surface area contributed by atoms with Gasteiger partial charge < -0.3 is 10.6 Å². The highest BCUT2D eigenvalue weighted by atomic mass is 35.5. The van der Waals surface area contributed by atoms with Crippen molar-refractivity contribution >= 4 is 29.1 Å². The lowest BCUT2D eigenvalue weighted by Gasteiger charge is -2.13. The Morgan fingerprint density at radius 3 is 2.73 bits per heavy atom. The SMILES string of the molecule is Cc1cc(Cl)ccc1NC(=O)c1cnc(NCCC2=CCCCC2)nc1. The van der Waals surface area contributed by atoms with E-state index in [0.717, 1.165) is 24.2 Å². The van der Waals surface area contributed by atoms with Crippen LogP contribution >= 0.6 is 11.6 Å². The fraction of sp³-hybridized carbons (Fsp3) is 0.350. The first-order valence-corrected chi connectivity index (χ1v) is 9.31. The molecule has 3 rings (SSSR count). The Morgan fingerprint density at radius 2 is 2.04 bits per heavy atom. The van der Waals surface area contributed by atoms with Crippen molar-refractivity contribution in [3.8, 4) is 0 Å². The number of allylic oxidation sites excluding steroid dienone is 1. The van der Waals surface area contributed by atoms with E-state index in [-0.39, 0.29) is 5.91 Å². The minimum atomic E-state index is -0.241. The van der Waals surface area contributed by atoms with Crippen LogP contribution in [0.4, 0.5) is 11.6 Å². The van der Waals surface area contributed by atoms with Gasteiger partial charge in [0, 0.05) is 29.6 Å². The molecule has 0 aliphatic heterocycles. The highest BCUT2D eigenvalue weighted by Crippen LogP contribution is 2.21. The first-order chi connectivity index (χ1) is 12.6. The van der Waals surface area contributed by atoms with Crippen LogP contribution in [0.1, 0.15) is 48.0 Å². The van der Waals surface area contributed by atoms with E-state index in [1.165, 1.54) is 43.7 Å². The summed E-state index contributed by atoms with van der Waals surface area (Å²) >= 11 is 5.94. The van der Waals surface area contributed by atoms with Crippen molar-refractivity contribution < 1.29 is 4.79 Å². The second-order valence-electron chi connectivity index (χ2n) is 6.49. The zero-order valence-corrected chi connectivity index (χ0v) is 15.6. The molecule has 26 heavy (non-hydrogen) atoms. The maximum absolute atomic E-state index is 12.3. The predicted molar refractivity (Wildman–Crippen MR) is 106 cm³/mol. The molecule has 1 aromatic heterocycles. The van der Waals surface area contributed by atoms with Crippen LogP contribution in [0.3, 0.4) is 0 Å². The van der Waals surface area contributed by atoms with Gasteiger partial charge in [-0.15, -0.1) is 0 Å². The average molecular weight is 371 g/mol. The fourth-order valence-corrected chi connectivity index (χ4v) is 3.19. The highest BCUT2D eigenvalue weighted by Gasteiger charge is 2.10. The molecular formula is C20H23ClN4O. The van der Waals surface area contributed by atoms with Gasteiger partial charge in [0.2, 0.25) is 5.95 Å². The fourth-order valence-electron chi connectivity index (χ4n) is 2.96. The van der Waals surface area contributed by atoms with E-state index in [4.69, 9.17) is 11.6 Å². The average Bonchev–Trinajstić information content (AvgIpc) is 2.65. The van der Waals surface area contributed by atoms with Gasteiger partial charge in [-0.3, -0.25) is 4.79 Å². The van der Waals surface area contributed by atoms with E-state index in [0.29, 0.717) is 16.5 Å². The Hall–Kier alpha value is -2.40. The molecular weight excluding hydrogens is 348 g/mol. The van der Waals surface area contributed by atoms with Gasteiger partial charge in [0.1, 0.15) is 0 Å². The Labute approximate surface area is 158 Å². The molecule has 0 saturated carbocycles. The quantitative estimate of drug-likeness (QED) is 0.702. The van der Waals surface area contributed by atoms with Crippen LogP contribution in [-0.4, -0.2) is 22.4 Å². The Bertz CT molecular complexity index is 802. The van der Waals surface area contributed by atoms with E-state index >= 15 is 0 Å². The number of anilines is 2. The molecule has 0 fully saturated rings. The third kappa shape index (κ3) is 5.05. The summed E-state index contributed by atoms with van der Waals surface area (Å²) in [4.78, 5) is 20.8. The molecule has 1 amide bonds. The first kappa shape index (κ1) is 18.4. The van der Waals surface area contributed by atoms with Crippen LogP contribution in [0.2, 0.25) is 5.02 Å². The number of benzene rings is 1. The van der Waals surface area contributed by atoms with Crippen molar-refractivity contribution in [3.63, 3.8) is 0 Å². The molecule has 6 heteroatoms. The third-order valence-corrected chi connectivity index (χ3v) is 4.70. The molecule has 2 N–H and O–H groups in total. The monoisotopic (exact) mass is 370 g/mol. The van der Waals surface area contributed by atoms with Gasteiger partial charge in [-0.2, -0.15) is 0 Å². The van der Waals surface area contributed by atoms with Crippen LogP contribution in [0.25, 0.3) is 0 Å². The van der Waals surface area contributed by atoms with Crippen molar-refractivity contribution in [2.45, 2.75) is 39.0 Å². The van der Waals surface area contributed by atoms with Crippen LogP contribution in [0, 0.1) is 6.92 Å². The van der Waals surface area contributed by atoms with Crippen molar-refractivity contribution in [3.05, 3.63) is 58.4 Å². The van der Waals surface area contributed by atoms with Gasteiger partial charge in [0.05, 0.1) is 5.56 Å². The number of carbonyl (C=O) groups is 1. The number of nitrogens with zero attached hydrogens (tertiary/aromatic N) is 2. The highest BCUT2D eigenvalue weighted by molar-refractivity contribution is 6.30. The second-order valence-corrected chi connectivity index (χ2v) is 6.93. The number of hydrogen-bond donors (Lipinski definition) is 2. The summed E-state index contributed by atoms with van der Waals surface area (Å²) < 4.78 is 0. The molecule has 2 aromatic rings. The molecule has 1 aliphatic rings. The molecule has 5 nitrogen and oxygen atoms in total. The zero-order chi connectivity index (χ0) is 18.4. The van der Waals surface area contributed by atoms with Gasteiger partial charge in [-0.05, 0) is 62.8 Å². The lowest BCUT2D eigenvalue weighted by atomic mass is 9.97. The molecule has 0 bridgehead atoms. The lowest BCUT2D eigenvalue weighted by molar-refractivity contribution is 0.102. The van der Waals surface area contributed by atoms with Crippen LogP contribution in [0.5, 0.6) is 0 Å². The van der Waals surface area contributed by atoms with E-state index < -0.39 is 0 Å². The molecule has 0 spiro atoms. The zero-order valence-electron chi connectivity index (χ0n) is 14.9. The molecule has 136 valence electrons. The van der Waals surface area contributed by atoms with Crippen molar-refractivity contribution in [2.75, 3.05) is 17.2 Å². The van der Waals surface area contributed by atoms with Gasteiger partial charge >= 0.3 is 0 Å². The molecule has 1 aliphatic carbocycles. The predicted octanol–water partition coefficient (Wildman–Crippen LogP) is 4.99. The molecule has 0 radical (unpaired) electrons. The summed E-state index contributed by atoms with van der Waals surface area (Å²) in [7, 11) is 0. The summed E-state index contributed by atoms with van der Waals surface area (Å²) in [6.07, 6.45) is 11.4. The van der Waals surface area contributed by atoms with E-state index in [2.05, 4.69) is 26.7 Å². The Kier molecular flexibility index (Phi) is 6.23. The summed E-state index contributed by atoms with van der Waals surface area (Å²) in [5.74, 6) is 0.301. The number of hydrogen-bond acceptors (Lipinski definition) is 4. The molecule has 0 unspecified atom stereocenters. The molecule has 0 atom stereocenters. The number of nitrogens with one attached hydrogen (secondary N) is 2. The van der Waals surface area contributed by atoms with Crippen LogP contribution in [-0.2, 0) is 0 Å². The van der Waals surface area contributed by atoms with Crippen molar-refractivity contribution in [2.24, 2.45) is 0 Å². The smallest absolute Gasteiger partial charge is 0.258 e. The maximum atomic E-state index is 12.3. The number of carbonyl (C=O) groups excluding carboxylic acids is 1. The van der Waals surface area contributed by atoms with Gasteiger partial charge in [-0.1, -0.05) is 23.3 Å². The summed E-state index contributed by atoms with van der Waals surface area (Å²) in [6, 6.07) is 5.34. The van der Waals surface area contributed by atoms with E-state index in [1.807, 2.05) is 13.0 Å². The van der Waals surface area contributed by atoms with Crippen LogP contribution in [0.15, 0.2) is 42.2 Å². The number of amides is 1. The van der Waals surface area contributed by atoms with E-state index in [9.17, 15) is 4.79 Å². The minimum Gasteiger partial charge on any atom is -0.354 e. The molecule has 0 saturated heterocycles. The summed E-state index contributed by atoms with van der Waals surface area (Å²) in [5.41, 5.74) is 3.56. The van der Waals surface area contributed by atoms with Crippen LogP contribution < -0.4 is 10.6 Å². The Balaban J connectivity index is 1.53. The van der Waals surface area contributed by atoms with Gasteiger partial charge in [-0.25, -0.2) is 9.97 Å². The number of aromatic nitrogens is 2. The normalized spacial score (nSPS) is 13.8. The van der Waals surface area contributed by atoms with Crippen molar-refractivity contribution in [1.82, 2.24) is 9.97 Å². The number of halogens is 1. The molecule has 1 aromatic carbocycles. The maximum Gasteiger partial charge on any atom is 0.258 e. The first-order valence-electron chi connectivity index (χ1n) is 8.93. The standard InChI is InChI=1S/C20H23ClN4O/c1-14-11-17(21)7-8-18(14)25-19(26)16-12-23-20(24-13-16)22-10-9-15-5-3-2-4-6-15/h5,7-8,11-13H,2-4,6,9-10H2,1H3,(H,25,26)(H,22,23,24). The van der Waals surface area contributed by atoms with Gasteiger partial charge in [0.25, 0.3) is 5.91 Å². The minimum absolute atomic E-state index is 0.241. The largest absolute Gasteiger partial charge is 0.354 e. The second kappa shape index (κ2) is 8.81. The summed E-state index contributed by atoms with van der Waals surface area (Å²) in [6.45, 7) is 2.70. The molecule has 1 heterocycles. The van der Waals surface area contributed by atoms with E-state index in [1.54, 1.807) is 12.1 Å². The lowest BCUT2D eigenvalue weighted by Crippen LogP contribution is -2.14. The number of rotatable bonds is 6. The summed E-state index contributed by atoms with van der Waals surface area (Å²) in [5, 5.41) is 6.71. The topological polar surface area (TPSA) is 66.9 Å². The van der Waals surface area contributed by atoms with Crippen molar-refractivity contribution in [1.29, 1.82) is 0 Å². The third-order valence-electron chi connectivity index (χ3n) is 4.46. The van der Waals surface area contributed by atoms with Gasteiger partial charge in [0.15, 0.2) is 0 Å². The Morgan fingerprint density at radius 1 is 1.23 bits per heavy atom.